The van der Waals surface area contributed by atoms with Crippen LogP contribution in [0.25, 0.3) is 0 Å². The van der Waals surface area contributed by atoms with E-state index in [-0.39, 0.29) is 5.54 Å². The van der Waals surface area contributed by atoms with Crippen molar-refractivity contribution in [3.05, 3.63) is 35.9 Å². The van der Waals surface area contributed by atoms with Gasteiger partial charge in [0.1, 0.15) is 0 Å². The van der Waals surface area contributed by atoms with Crippen molar-refractivity contribution in [2.24, 2.45) is 5.92 Å². The van der Waals surface area contributed by atoms with Crippen molar-refractivity contribution in [2.45, 2.75) is 44.6 Å². The van der Waals surface area contributed by atoms with Gasteiger partial charge in [-0.1, -0.05) is 37.3 Å². The molecule has 0 saturated heterocycles. The van der Waals surface area contributed by atoms with E-state index in [1.165, 1.54) is 12.8 Å². The Kier molecular flexibility index (Phi) is 4.41. The molecule has 104 valence electrons. The Bertz CT molecular complexity index is 416. The van der Waals surface area contributed by atoms with E-state index in [0.717, 1.165) is 24.3 Å². The molecule has 0 amide bonds. The molecule has 0 N–H and O–H groups in total. The number of ketones is 1. The largest absolute Gasteiger partial charge is 0.297 e. The zero-order valence-electron chi connectivity index (χ0n) is 12.4. The number of hydrogen-bond donors (Lipinski definition) is 0. The SMILES string of the molecule is CC1CCC(C(=O)Cc2ccccc2)(N(C)C)CC1. The highest BCUT2D eigenvalue weighted by molar-refractivity contribution is 5.90. The van der Waals surface area contributed by atoms with Crippen LogP contribution in [0.1, 0.15) is 38.2 Å². The van der Waals surface area contributed by atoms with Gasteiger partial charge < -0.3 is 0 Å². The van der Waals surface area contributed by atoms with Crippen LogP contribution in [0.5, 0.6) is 0 Å². The van der Waals surface area contributed by atoms with Gasteiger partial charge in [0, 0.05) is 6.42 Å². The van der Waals surface area contributed by atoms with Gasteiger partial charge in [-0.25, -0.2) is 0 Å². The molecule has 0 heterocycles. The Hall–Kier alpha value is -1.15. The van der Waals surface area contributed by atoms with Crippen LogP contribution < -0.4 is 0 Å². The molecule has 0 bridgehead atoms. The molecule has 0 aromatic heterocycles. The first-order valence-corrected chi connectivity index (χ1v) is 7.29. The number of hydrogen-bond acceptors (Lipinski definition) is 2. The standard InChI is InChI=1S/C17H25NO/c1-14-9-11-17(12-10-14,18(2)3)16(19)13-15-7-5-4-6-8-15/h4-8,14H,9-13H2,1-3H3. The maximum absolute atomic E-state index is 12.8. The van der Waals surface area contributed by atoms with Crippen LogP contribution in [0.4, 0.5) is 0 Å². The minimum absolute atomic E-state index is 0.234. The zero-order chi connectivity index (χ0) is 13.9. The summed E-state index contributed by atoms with van der Waals surface area (Å²) in [5.74, 6) is 1.15. The summed E-state index contributed by atoms with van der Waals surface area (Å²) in [7, 11) is 4.11. The van der Waals surface area contributed by atoms with Crippen molar-refractivity contribution < 1.29 is 4.79 Å². The topological polar surface area (TPSA) is 20.3 Å². The predicted molar refractivity (Wildman–Crippen MR) is 79.2 cm³/mol. The number of Topliss-reactive ketones (excluding diaryl/α,β-unsaturated/α-hetero) is 1. The lowest BCUT2D eigenvalue weighted by Gasteiger charge is -2.43. The minimum atomic E-state index is -0.234. The van der Waals surface area contributed by atoms with Crippen LogP contribution in [0, 0.1) is 5.92 Å². The van der Waals surface area contributed by atoms with Crippen molar-refractivity contribution in [3.63, 3.8) is 0 Å². The van der Waals surface area contributed by atoms with Crippen LogP contribution in [0.15, 0.2) is 30.3 Å². The van der Waals surface area contributed by atoms with E-state index in [1.54, 1.807) is 0 Å². The molecular formula is C17H25NO. The molecule has 0 radical (unpaired) electrons. The third kappa shape index (κ3) is 3.06. The maximum Gasteiger partial charge on any atom is 0.157 e. The summed E-state index contributed by atoms with van der Waals surface area (Å²) in [6.07, 6.45) is 4.91. The van der Waals surface area contributed by atoms with Crippen LogP contribution in [-0.4, -0.2) is 30.3 Å². The Morgan fingerprint density at radius 2 is 1.79 bits per heavy atom. The second-order valence-corrected chi connectivity index (χ2v) is 6.19. The lowest BCUT2D eigenvalue weighted by Crippen LogP contribution is -2.53. The molecule has 2 heteroatoms. The summed E-state index contributed by atoms with van der Waals surface area (Å²) >= 11 is 0. The van der Waals surface area contributed by atoms with E-state index in [4.69, 9.17) is 0 Å². The highest BCUT2D eigenvalue weighted by Crippen LogP contribution is 2.36. The van der Waals surface area contributed by atoms with Gasteiger partial charge in [-0.3, -0.25) is 9.69 Å². The Morgan fingerprint density at radius 1 is 1.21 bits per heavy atom. The molecule has 0 aliphatic heterocycles. The molecule has 1 aromatic carbocycles. The average molecular weight is 259 g/mol. The van der Waals surface area contributed by atoms with E-state index in [0.29, 0.717) is 12.2 Å². The summed E-state index contributed by atoms with van der Waals surface area (Å²) in [4.78, 5) is 15.0. The first-order chi connectivity index (χ1) is 9.04. The minimum Gasteiger partial charge on any atom is -0.297 e. The molecule has 19 heavy (non-hydrogen) atoms. The second kappa shape index (κ2) is 5.87. The summed E-state index contributed by atoms with van der Waals surface area (Å²) in [5.41, 5.74) is 0.898. The fourth-order valence-electron chi connectivity index (χ4n) is 3.16. The van der Waals surface area contributed by atoms with Gasteiger partial charge in [-0.2, -0.15) is 0 Å². The van der Waals surface area contributed by atoms with E-state index in [2.05, 4.69) is 25.9 Å². The van der Waals surface area contributed by atoms with Crippen LogP contribution in [-0.2, 0) is 11.2 Å². The molecule has 1 aliphatic carbocycles. The molecule has 1 saturated carbocycles. The normalized spacial score (nSPS) is 27.5. The van der Waals surface area contributed by atoms with Crippen molar-refractivity contribution in [1.82, 2.24) is 4.90 Å². The number of benzene rings is 1. The second-order valence-electron chi connectivity index (χ2n) is 6.19. The Morgan fingerprint density at radius 3 is 2.32 bits per heavy atom. The molecule has 2 nitrogen and oxygen atoms in total. The molecule has 2 rings (SSSR count). The van der Waals surface area contributed by atoms with Gasteiger partial charge in [-0.05, 0) is 51.3 Å². The fraction of sp³-hybridized carbons (Fsp3) is 0.588. The lowest BCUT2D eigenvalue weighted by molar-refractivity contribution is -0.131. The summed E-state index contributed by atoms with van der Waals surface area (Å²) in [6, 6.07) is 10.1. The van der Waals surface area contributed by atoms with E-state index < -0.39 is 0 Å². The number of carbonyl (C=O) groups is 1. The molecule has 0 atom stereocenters. The molecular weight excluding hydrogens is 234 g/mol. The fourth-order valence-corrected chi connectivity index (χ4v) is 3.16. The van der Waals surface area contributed by atoms with Gasteiger partial charge in [0.15, 0.2) is 5.78 Å². The third-order valence-electron chi connectivity index (χ3n) is 4.68. The van der Waals surface area contributed by atoms with Gasteiger partial charge in [0.2, 0.25) is 0 Å². The molecule has 0 spiro atoms. The highest BCUT2D eigenvalue weighted by Gasteiger charge is 2.42. The number of likely N-dealkylation sites (N-methyl/N-ethyl adjacent to an activating group) is 1. The number of nitrogens with zero attached hydrogens (tertiary/aromatic N) is 1. The van der Waals surface area contributed by atoms with Crippen LogP contribution >= 0.6 is 0 Å². The summed E-state index contributed by atoms with van der Waals surface area (Å²) < 4.78 is 0. The smallest absolute Gasteiger partial charge is 0.157 e. The Labute approximate surface area is 116 Å². The summed E-state index contributed by atoms with van der Waals surface area (Å²) in [6.45, 7) is 2.29. The third-order valence-corrected chi connectivity index (χ3v) is 4.68. The maximum atomic E-state index is 12.8. The van der Waals surface area contributed by atoms with Crippen LogP contribution in [0.2, 0.25) is 0 Å². The summed E-state index contributed by atoms with van der Waals surface area (Å²) in [5, 5.41) is 0. The van der Waals surface area contributed by atoms with Gasteiger partial charge in [-0.15, -0.1) is 0 Å². The first-order valence-electron chi connectivity index (χ1n) is 7.29. The molecule has 0 unspecified atom stereocenters. The lowest BCUT2D eigenvalue weighted by atomic mass is 9.72. The first kappa shape index (κ1) is 14.3. The zero-order valence-corrected chi connectivity index (χ0v) is 12.4. The quantitative estimate of drug-likeness (QED) is 0.827. The highest BCUT2D eigenvalue weighted by atomic mass is 16.1. The number of rotatable bonds is 4. The van der Waals surface area contributed by atoms with E-state index >= 15 is 0 Å². The van der Waals surface area contributed by atoms with E-state index in [1.807, 2.05) is 30.3 Å². The molecule has 1 aromatic rings. The van der Waals surface area contributed by atoms with E-state index in [9.17, 15) is 4.79 Å². The average Bonchev–Trinajstić information content (AvgIpc) is 2.40. The van der Waals surface area contributed by atoms with Crippen molar-refractivity contribution >= 4 is 5.78 Å². The Balaban J connectivity index is 2.13. The van der Waals surface area contributed by atoms with Crippen LogP contribution in [0.3, 0.4) is 0 Å². The number of carbonyl (C=O) groups excluding carboxylic acids is 1. The monoisotopic (exact) mass is 259 g/mol. The van der Waals surface area contributed by atoms with Crippen molar-refractivity contribution in [2.75, 3.05) is 14.1 Å². The molecule has 1 aliphatic rings. The van der Waals surface area contributed by atoms with Crippen molar-refractivity contribution in [3.8, 4) is 0 Å². The van der Waals surface area contributed by atoms with Gasteiger partial charge in [0.05, 0.1) is 5.54 Å². The van der Waals surface area contributed by atoms with Crippen molar-refractivity contribution in [1.29, 1.82) is 0 Å². The molecule has 1 fully saturated rings. The van der Waals surface area contributed by atoms with Gasteiger partial charge >= 0.3 is 0 Å². The predicted octanol–water partition coefficient (Wildman–Crippen LogP) is 3.31. The van der Waals surface area contributed by atoms with Gasteiger partial charge in [0.25, 0.3) is 0 Å².